The summed E-state index contributed by atoms with van der Waals surface area (Å²) in [6.07, 6.45) is 0. The smallest absolute Gasteiger partial charge is 0.143 e. The monoisotopic (exact) mass is 801 g/mol. The zero-order valence-electron chi connectivity index (χ0n) is 34.9. The Morgan fingerprint density at radius 2 is 0.952 bits per heavy atom. The number of rotatable bonds is 3. The normalized spacial score (nSPS) is 14.8. The highest BCUT2D eigenvalue weighted by Gasteiger charge is 2.45. The molecule has 1 atom stereocenters. The molecule has 2 aliphatic carbocycles. The fourth-order valence-electron chi connectivity index (χ4n) is 11.9. The van der Waals surface area contributed by atoms with Gasteiger partial charge in [-0.2, -0.15) is 0 Å². The lowest BCUT2D eigenvalue weighted by Crippen LogP contribution is -2.19. The zero-order valence-corrected chi connectivity index (χ0v) is 34.9. The molecule has 0 N–H and O–H groups in total. The highest BCUT2D eigenvalue weighted by atomic mass is 15.1. The first-order valence-corrected chi connectivity index (χ1v) is 22.0. The topological polar surface area (TPSA) is 30.7 Å². The second-order valence-electron chi connectivity index (χ2n) is 17.9. The second kappa shape index (κ2) is 12.6. The van der Waals surface area contributed by atoms with E-state index in [0.717, 1.165) is 33.9 Å². The van der Waals surface area contributed by atoms with Crippen molar-refractivity contribution in [3.05, 3.63) is 222 Å². The Balaban J connectivity index is 1.20. The van der Waals surface area contributed by atoms with Gasteiger partial charge in [-0.15, -0.1) is 0 Å². The van der Waals surface area contributed by atoms with Crippen molar-refractivity contribution in [1.29, 1.82) is 0 Å². The average Bonchev–Trinajstić information content (AvgIpc) is 3.95. The molecule has 294 valence electrons. The van der Waals surface area contributed by atoms with E-state index in [1.165, 1.54) is 98.4 Å². The summed E-state index contributed by atoms with van der Waals surface area (Å²) in [7, 11) is 0. The van der Waals surface area contributed by atoms with Crippen molar-refractivity contribution in [3.8, 4) is 39.3 Å². The summed E-state index contributed by atoms with van der Waals surface area (Å²) < 4.78 is 2.36. The maximum Gasteiger partial charge on any atom is 0.143 e. The molecule has 0 saturated carbocycles. The Morgan fingerprint density at radius 3 is 1.63 bits per heavy atom. The summed E-state index contributed by atoms with van der Waals surface area (Å²) in [6, 6.07) is 71.3. The van der Waals surface area contributed by atoms with Crippen molar-refractivity contribution in [2.45, 2.75) is 25.2 Å². The van der Waals surface area contributed by atoms with E-state index < -0.39 is 0 Å². The molecule has 12 aromatic rings. The van der Waals surface area contributed by atoms with Gasteiger partial charge in [-0.3, -0.25) is 4.57 Å². The quantitative estimate of drug-likeness (QED) is 0.167. The molecule has 3 nitrogen and oxygen atoms in total. The van der Waals surface area contributed by atoms with E-state index in [-0.39, 0.29) is 11.3 Å². The number of fused-ring (bicyclic) bond motifs is 20. The number of hydrogen-bond acceptors (Lipinski definition) is 2. The first-order chi connectivity index (χ1) is 31.1. The first kappa shape index (κ1) is 34.8. The third-order valence-corrected chi connectivity index (χ3v) is 14.4. The van der Waals surface area contributed by atoms with Crippen LogP contribution in [0.1, 0.15) is 47.8 Å². The minimum atomic E-state index is -0.286. The van der Waals surface area contributed by atoms with Gasteiger partial charge in [0.15, 0.2) is 0 Å². The van der Waals surface area contributed by atoms with Crippen molar-refractivity contribution < 1.29 is 0 Å². The molecule has 0 fully saturated rings. The van der Waals surface area contributed by atoms with Crippen molar-refractivity contribution in [3.63, 3.8) is 0 Å². The molecular formula is C60H39N3. The van der Waals surface area contributed by atoms with Gasteiger partial charge >= 0.3 is 0 Å². The minimum Gasteiger partial charge on any atom is -0.294 e. The van der Waals surface area contributed by atoms with Gasteiger partial charge in [0.05, 0.1) is 22.6 Å². The van der Waals surface area contributed by atoms with Gasteiger partial charge in [0, 0.05) is 27.8 Å². The second-order valence-corrected chi connectivity index (χ2v) is 17.9. The molecular weight excluding hydrogens is 763 g/mol. The molecule has 1 unspecified atom stereocenters. The van der Waals surface area contributed by atoms with Gasteiger partial charge in [-0.05, 0) is 99.7 Å². The number of nitrogens with zero attached hydrogens (tertiary/aromatic N) is 3. The maximum atomic E-state index is 5.88. The molecule has 0 bridgehead atoms. The van der Waals surface area contributed by atoms with Gasteiger partial charge in [0.25, 0.3) is 0 Å². The van der Waals surface area contributed by atoms with Crippen LogP contribution in [0, 0.1) is 0 Å². The maximum absolute atomic E-state index is 5.88. The lowest BCUT2D eigenvalue weighted by Gasteiger charge is -2.27. The SMILES string of the molecule is CC1(C)c2ccccc2-c2ccc3c(c21)C(c1nc(-c2ccccc2)cc(-n2c4ccccc4c4ccccc42)n1)c1c-3c2ccccc2c2c3ccccc3c3ccccc3c12. The molecule has 0 radical (unpaired) electrons. The highest BCUT2D eigenvalue weighted by Crippen LogP contribution is 2.62. The number of aromatic nitrogens is 3. The van der Waals surface area contributed by atoms with Crippen LogP contribution in [0.15, 0.2) is 194 Å². The Labute approximate surface area is 364 Å². The molecule has 3 heteroatoms. The van der Waals surface area contributed by atoms with Crippen molar-refractivity contribution in [1.82, 2.24) is 14.5 Å². The van der Waals surface area contributed by atoms with E-state index in [4.69, 9.17) is 9.97 Å². The highest BCUT2D eigenvalue weighted by molar-refractivity contribution is 6.35. The molecule has 0 amide bonds. The fourth-order valence-corrected chi connectivity index (χ4v) is 11.9. The summed E-state index contributed by atoms with van der Waals surface area (Å²) in [5.74, 6) is 1.38. The van der Waals surface area contributed by atoms with Crippen LogP contribution >= 0.6 is 0 Å². The van der Waals surface area contributed by atoms with Crippen molar-refractivity contribution in [2.24, 2.45) is 0 Å². The van der Waals surface area contributed by atoms with E-state index in [2.05, 4.69) is 213 Å². The summed E-state index contributed by atoms with van der Waals surface area (Å²) in [4.78, 5) is 11.7. The summed E-state index contributed by atoms with van der Waals surface area (Å²) in [5.41, 5.74) is 14.5. The Kier molecular flexibility index (Phi) is 6.95. The Morgan fingerprint density at radius 1 is 0.429 bits per heavy atom. The molecule has 2 aromatic heterocycles. The predicted molar refractivity (Wildman–Crippen MR) is 262 cm³/mol. The van der Waals surface area contributed by atoms with Crippen LogP contribution in [-0.4, -0.2) is 14.5 Å². The van der Waals surface area contributed by atoms with Crippen LogP contribution in [0.2, 0.25) is 0 Å². The average molecular weight is 802 g/mol. The van der Waals surface area contributed by atoms with Crippen LogP contribution in [0.25, 0.3) is 104 Å². The van der Waals surface area contributed by atoms with Crippen LogP contribution in [0.3, 0.4) is 0 Å². The minimum absolute atomic E-state index is 0.273. The van der Waals surface area contributed by atoms with Crippen LogP contribution in [0.5, 0.6) is 0 Å². The number of para-hydroxylation sites is 2. The third-order valence-electron chi connectivity index (χ3n) is 14.4. The first-order valence-electron chi connectivity index (χ1n) is 22.0. The van der Waals surface area contributed by atoms with Crippen molar-refractivity contribution in [2.75, 3.05) is 0 Å². The lowest BCUT2D eigenvalue weighted by molar-refractivity contribution is 0.648. The Hall–Kier alpha value is -7.88. The molecule has 2 heterocycles. The Bertz CT molecular complexity index is 3890. The third kappa shape index (κ3) is 4.58. The molecule has 0 spiro atoms. The van der Waals surface area contributed by atoms with E-state index in [9.17, 15) is 0 Å². The summed E-state index contributed by atoms with van der Waals surface area (Å²) >= 11 is 0. The van der Waals surface area contributed by atoms with Gasteiger partial charge in [-0.25, -0.2) is 9.97 Å². The van der Waals surface area contributed by atoms with E-state index >= 15 is 0 Å². The molecule has 14 rings (SSSR count). The summed E-state index contributed by atoms with van der Waals surface area (Å²) in [6.45, 7) is 4.84. The van der Waals surface area contributed by atoms with E-state index in [0.29, 0.717) is 0 Å². The van der Waals surface area contributed by atoms with E-state index in [1.54, 1.807) is 0 Å². The van der Waals surface area contributed by atoms with Gasteiger partial charge < -0.3 is 0 Å². The molecule has 63 heavy (non-hydrogen) atoms. The predicted octanol–water partition coefficient (Wildman–Crippen LogP) is 15.3. The number of hydrogen-bond donors (Lipinski definition) is 0. The van der Waals surface area contributed by atoms with Gasteiger partial charge in [-0.1, -0.05) is 190 Å². The molecule has 2 aliphatic rings. The molecule has 0 aliphatic heterocycles. The fraction of sp³-hybridized carbons (Fsp3) is 0.0667. The van der Waals surface area contributed by atoms with Gasteiger partial charge in [0.1, 0.15) is 11.6 Å². The van der Waals surface area contributed by atoms with E-state index in [1.807, 2.05) is 0 Å². The molecule has 10 aromatic carbocycles. The largest absolute Gasteiger partial charge is 0.294 e. The zero-order chi connectivity index (χ0) is 41.6. The lowest BCUT2D eigenvalue weighted by atomic mass is 9.76. The van der Waals surface area contributed by atoms with Crippen LogP contribution < -0.4 is 0 Å². The standard InChI is InChI=1S/C60H39N3/c1-60(2)47-29-15-12-22-38(47)45-32-33-46-53-44-28-11-10-27-43(44)52-41-25-8-6-20-36(41)37-21-7-9-26-42(37)54(52)56(53)57(55(46)58(45)60)59-61-48(35-18-4-3-5-19-35)34-51(62-59)63-49-30-16-13-23-39(49)40-24-14-17-31-50(40)63/h3-34,57H,1-2H3. The molecule has 0 saturated heterocycles. The van der Waals surface area contributed by atoms with Crippen molar-refractivity contribution >= 4 is 64.9 Å². The van der Waals surface area contributed by atoms with Crippen LogP contribution in [0.4, 0.5) is 0 Å². The number of benzene rings is 10. The van der Waals surface area contributed by atoms with Crippen LogP contribution in [-0.2, 0) is 5.41 Å². The van der Waals surface area contributed by atoms with Gasteiger partial charge in [0.2, 0.25) is 0 Å². The summed E-state index contributed by atoms with van der Waals surface area (Å²) in [5, 5.41) is 12.6.